The van der Waals surface area contributed by atoms with Crippen LogP contribution in [0.15, 0.2) is 0 Å². The van der Waals surface area contributed by atoms with E-state index in [1.807, 2.05) is 0 Å². The second-order valence-electron chi connectivity index (χ2n) is 5.16. The van der Waals surface area contributed by atoms with E-state index < -0.39 is 0 Å². The Kier molecular flexibility index (Phi) is 1.54. The summed E-state index contributed by atoms with van der Waals surface area (Å²) in [7, 11) is 0. The highest BCUT2D eigenvalue weighted by atomic mass is 15.2. The van der Waals surface area contributed by atoms with Crippen LogP contribution in [0.2, 0.25) is 0 Å². The van der Waals surface area contributed by atoms with Gasteiger partial charge in [-0.05, 0) is 52.0 Å². The van der Waals surface area contributed by atoms with Crippen LogP contribution in [0, 0.1) is 11.8 Å². The molecule has 0 aromatic heterocycles. The second kappa shape index (κ2) is 2.22. The van der Waals surface area contributed by atoms with Gasteiger partial charge in [-0.3, -0.25) is 4.90 Å². The van der Waals surface area contributed by atoms with Gasteiger partial charge >= 0.3 is 0 Å². The molecule has 2 aliphatic rings. The molecule has 0 aromatic carbocycles. The van der Waals surface area contributed by atoms with Gasteiger partial charge in [0.05, 0.1) is 0 Å². The lowest BCUT2D eigenvalue weighted by Crippen LogP contribution is -2.45. The van der Waals surface area contributed by atoms with Crippen molar-refractivity contribution in [1.29, 1.82) is 0 Å². The average Bonchev–Trinajstić information content (AvgIpc) is 2.60. The zero-order chi connectivity index (χ0) is 8.06. The predicted molar refractivity (Wildman–Crippen MR) is 47.5 cm³/mol. The Balaban J connectivity index is 1.95. The first-order valence-corrected chi connectivity index (χ1v) is 4.82. The fourth-order valence-electron chi connectivity index (χ4n) is 2.19. The highest BCUT2D eigenvalue weighted by molar-refractivity contribution is 4.95. The number of fused-ring (bicyclic) bond motifs is 1. The Morgan fingerprint density at radius 2 is 1.91 bits per heavy atom. The van der Waals surface area contributed by atoms with Crippen molar-refractivity contribution in [2.75, 3.05) is 13.1 Å². The van der Waals surface area contributed by atoms with Gasteiger partial charge in [0.25, 0.3) is 0 Å². The number of hydrogen-bond acceptors (Lipinski definition) is 1. The van der Waals surface area contributed by atoms with E-state index in [0.717, 1.165) is 11.8 Å². The second-order valence-corrected chi connectivity index (χ2v) is 5.16. The summed E-state index contributed by atoms with van der Waals surface area (Å²) in [6.45, 7) is 9.69. The molecule has 64 valence electrons. The zero-order valence-corrected chi connectivity index (χ0v) is 7.93. The Labute approximate surface area is 69.8 Å². The third kappa shape index (κ3) is 1.44. The standard InChI is InChI=1S/C10H19N/c1-10(2,3)11-5-4-8-6-9(8)7-11/h8-9H,4-7H2,1-3H3. The van der Waals surface area contributed by atoms with Crippen LogP contribution in [-0.4, -0.2) is 23.5 Å². The first-order valence-electron chi connectivity index (χ1n) is 4.82. The Morgan fingerprint density at radius 1 is 1.18 bits per heavy atom. The van der Waals surface area contributed by atoms with Gasteiger partial charge in [-0.1, -0.05) is 0 Å². The van der Waals surface area contributed by atoms with Gasteiger partial charge in [-0.2, -0.15) is 0 Å². The van der Waals surface area contributed by atoms with Crippen molar-refractivity contribution in [2.45, 2.75) is 39.2 Å². The molecule has 1 nitrogen and oxygen atoms in total. The van der Waals surface area contributed by atoms with Crippen LogP contribution in [0.5, 0.6) is 0 Å². The van der Waals surface area contributed by atoms with Gasteiger partial charge in [0.1, 0.15) is 0 Å². The number of likely N-dealkylation sites (tertiary alicyclic amines) is 1. The maximum atomic E-state index is 2.64. The molecule has 0 N–H and O–H groups in total. The molecule has 1 saturated heterocycles. The lowest BCUT2D eigenvalue weighted by Gasteiger charge is -2.38. The molecule has 2 rings (SSSR count). The third-order valence-corrected chi connectivity index (χ3v) is 3.24. The van der Waals surface area contributed by atoms with Crippen molar-refractivity contribution in [2.24, 2.45) is 11.8 Å². The van der Waals surface area contributed by atoms with Crippen molar-refractivity contribution in [3.05, 3.63) is 0 Å². The van der Waals surface area contributed by atoms with Crippen molar-refractivity contribution in [3.63, 3.8) is 0 Å². The van der Waals surface area contributed by atoms with Crippen LogP contribution in [0.3, 0.4) is 0 Å². The fourth-order valence-corrected chi connectivity index (χ4v) is 2.19. The first-order chi connectivity index (χ1) is 5.07. The van der Waals surface area contributed by atoms with Gasteiger partial charge in [-0.25, -0.2) is 0 Å². The molecule has 0 spiro atoms. The fraction of sp³-hybridized carbons (Fsp3) is 1.00. The smallest absolute Gasteiger partial charge is 0.0125 e. The van der Waals surface area contributed by atoms with Gasteiger partial charge in [0, 0.05) is 12.1 Å². The van der Waals surface area contributed by atoms with Crippen LogP contribution in [0.25, 0.3) is 0 Å². The van der Waals surface area contributed by atoms with E-state index in [-0.39, 0.29) is 0 Å². The van der Waals surface area contributed by atoms with E-state index in [1.54, 1.807) is 0 Å². The number of rotatable bonds is 0. The minimum Gasteiger partial charge on any atom is -0.298 e. The topological polar surface area (TPSA) is 3.24 Å². The minimum absolute atomic E-state index is 0.410. The summed E-state index contributed by atoms with van der Waals surface area (Å²) in [5, 5.41) is 0. The highest BCUT2D eigenvalue weighted by Gasteiger charge is 2.43. The molecule has 2 atom stereocenters. The largest absolute Gasteiger partial charge is 0.298 e. The molecule has 0 amide bonds. The minimum atomic E-state index is 0.410. The summed E-state index contributed by atoms with van der Waals surface area (Å²) >= 11 is 0. The van der Waals surface area contributed by atoms with Crippen molar-refractivity contribution in [3.8, 4) is 0 Å². The predicted octanol–water partition coefficient (Wildman–Crippen LogP) is 2.13. The molecular weight excluding hydrogens is 134 g/mol. The van der Waals surface area contributed by atoms with Crippen molar-refractivity contribution >= 4 is 0 Å². The number of nitrogens with zero attached hydrogens (tertiary/aromatic N) is 1. The quantitative estimate of drug-likeness (QED) is 0.515. The van der Waals surface area contributed by atoms with E-state index in [2.05, 4.69) is 25.7 Å². The van der Waals surface area contributed by atoms with Crippen molar-refractivity contribution in [1.82, 2.24) is 4.90 Å². The van der Waals surface area contributed by atoms with E-state index in [1.165, 1.54) is 25.9 Å². The molecule has 2 fully saturated rings. The summed E-state index contributed by atoms with van der Waals surface area (Å²) < 4.78 is 0. The molecular formula is C10H19N. The van der Waals surface area contributed by atoms with Gasteiger partial charge in [-0.15, -0.1) is 0 Å². The first kappa shape index (κ1) is 7.60. The summed E-state index contributed by atoms with van der Waals surface area (Å²) in [6, 6.07) is 0. The van der Waals surface area contributed by atoms with Gasteiger partial charge < -0.3 is 0 Å². The Morgan fingerprint density at radius 3 is 2.45 bits per heavy atom. The summed E-state index contributed by atoms with van der Waals surface area (Å²) in [4.78, 5) is 2.64. The number of hydrogen-bond donors (Lipinski definition) is 0. The molecule has 1 saturated carbocycles. The van der Waals surface area contributed by atoms with E-state index in [9.17, 15) is 0 Å². The number of piperidine rings is 1. The lowest BCUT2D eigenvalue weighted by atomic mass is 10.0. The maximum Gasteiger partial charge on any atom is 0.0125 e. The van der Waals surface area contributed by atoms with Crippen LogP contribution in [0.4, 0.5) is 0 Å². The average molecular weight is 153 g/mol. The third-order valence-electron chi connectivity index (χ3n) is 3.24. The van der Waals surface area contributed by atoms with Gasteiger partial charge in [0.2, 0.25) is 0 Å². The normalized spacial score (nSPS) is 38.5. The zero-order valence-electron chi connectivity index (χ0n) is 7.93. The Hall–Kier alpha value is -0.0400. The van der Waals surface area contributed by atoms with Crippen LogP contribution >= 0.6 is 0 Å². The summed E-state index contributed by atoms with van der Waals surface area (Å²) in [6.07, 6.45) is 2.98. The van der Waals surface area contributed by atoms with E-state index in [0.29, 0.717) is 5.54 Å². The maximum absolute atomic E-state index is 2.64. The molecule has 1 heteroatoms. The molecule has 0 radical (unpaired) electrons. The molecule has 1 aliphatic heterocycles. The molecule has 1 heterocycles. The van der Waals surface area contributed by atoms with Crippen molar-refractivity contribution < 1.29 is 0 Å². The molecule has 2 unspecified atom stereocenters. The van der Waals surface area contributed by atoms with Crippen LogP contribution in [-0.2, 0) is 0 Å². The van der Waals surface area contributed by atoms with Crippen LogP contribution < -0.4 is 0 Å². The monoisotopic (exact) mass is 153 g/mol. The SMILES string of the molecule is CC(C)(C)N1CCC2CC2C1. The highest BCUT2D eigenvalue weighted by Crippen LogP contribution is 2.46. The van der Waals surface area contributed by atoms with Crippen LogP contribution in [0.1, 0.15) is 33.6 Å². The van der Waals surface area contributed by atoms with Gasteiger partial charge in [0.15, 0.2) is 0 Å². The van der Waals surface area contributed by atoms with E-state index in [4.69, 9.17) is 0 Å². The lowest BCUT2D eigenvalue weighted by molar-refractivity contribution is 0.105. The van der Waals surface area contributed by atoms with E-state index >= 15 is 0 Å². The summed E-state index contributed by atoms with van der Waals surface area (Å²) in [5.41, 5.74) is 0.410. The Bertz CT molecular complexity index is 157. The molecule has 11 heavy (non-hydrogen) atoms. The molecule has 1 aliphatic carbocycles. The molecule has 0 bridgehead atoms. The summed E-state index contributed by atoms with van der Waals surface area (Å²) in [5.74, 6) is 2.19. The molecule has 0 aromatic rings.